The fraction of sp³-hybridized carbons (Fsp3) is 0.571. The molecule has 3 rings (SSSR count). The molecule has 0 amide bonds. The van der Waals surface area contributed by atoms with E-state index in [1.54, 1.807) is 12.1 Å². The van der Waals surface area contributed by atoms with Crippen molar-refractivity contribution in [2.24, 2.45) is 5.92 Å². The molecule has 2 saturated carbocycles. The van der Waals surface area contributed by atoms with Crippen LogP contribution in [0.2, 0.25) is 0 Å². The lowest BCUT2D eigenvalue weighted by Crippen LogP contribution is -2.30. The fourth-order valence-electron chi connectivity index (χ4n) is 2.30. The molecule has 0 aromatic carbocycles. The second-order valence-corrected chi connectivity index (χ2v) is 5.46. The largest absolute Gasteiger partial charge is 0.478 e. The molecular formula is C14H18N2O2. The number of rotatable bonds is 5. The molecule has 2 aliphatic carbocycles. The molecule has 0 unspecified atom stereocenters. The zero-order valence-electron chi connectivity index (χ0n) is 10.6. The Balaban J connectivity index is 1.95. The molecule has 2 aliphatic rings. The predicted molar refractivity (Wildman–Crippen MR) is 69.0 cm³/mol. The van der Waals surface area contributed by atoms with Crippen LogP contribution in [-0.4, -0.2) is 28.6 Å². The van der Waals surface area contributed by atoms with Crippen LogP contribution in [-0.2, 0) is 0 Å². The molecule has 2 fully saturated rings. The molecule has 0 bridgehead atoms. The first kappa shape index (κ1) is 11.5. The van der Waals surface area contributed by atoms with Gasteiger partial charge in [-0.3, -0.25) is 0 Å². The zero-order chi connectivity index (χ0) is 12.7. The van der Waals surface area contributed by atoms with Crippen LogP contribution in [0.5, 0.6) is 0 Å². The number of hydrogen-bond donors (Lipinski definition) is 1. The van der Waals surface area contributed by atoms with E-state index in [1.165, 1.54) is 25.7 Å². The van der Waals surface area contributed by atoms with Gasteiger partial charge in [-0.15, -0.1) is 0 Å². The van der Waals surface area contributed by atoms with Gasteiger partial charge in [0.05, 0.1) is 0 Å². The molecule has 1 N–H and O–H groups in total. The van der Waals surface area contributed by atoms with E-state index in [4.69, 9.17) is 0 Å². The van der Waals surface area contributed by atoms with E-state index in [-0.39, 0.29) is 0 Å². The van der Waals surface area contributed by atoms with Crippen molar-refractivity contribution in [3.05, 3.63) is 23.4 Å². The highest BCUT2D eigenvalue weighted by atomic mass is 16.4. The average Bonchev–Trinajstić information content (AvgIpc) is 3.18. The van der Waals surface area contributed by atoms with Gasteiger partial charge in [-0.05, 0) is 50.7 Å². The highest BCUT2D eigenvalue weighted by molar-refractivity contribution is 5.93. The summed E-state index contributed by atoms with van der Waals surface area (Å²) in [7, 11) is 0. The van der Waals surface area contributed by atoms with Crippen molar-refractivity contribution >= 4 is 11.8 Å². The maximum Gasteiger partial charge on any atom is 0.339 e. The quantitative estimate of drug-likeness (QED) is 0.867. The van der Waals surface area contributed by atoms with Crippen LogP contribution in [0.15, 0.2) is 12.1 Å². The standard InChI is InChI=1S/C14H18N2O2/c1-9-2-7-12(14(17)18)13(15-9)16(11-5-6-11)8-10-3-4-10/h2,7,10-11H,3-6,8H2,1H3,(H,17,18). The fourth-order valence-corrected chi connectivity index (χ4v) is 2.30. The molecule has 1 heterocycles. The highest BCUT2D eigenvalue weighted by Gasteiger charge is 2.36. The van der Waals surface area contributed by atoms with Crippen LogP contribution >= 0.6 is 0 Å². The first-order valence-electron chi connectivity index (χ1n) is 6.62. The summed E-state index contributed by atoms with van der Waals surface area (Å²) in [4.78, 5) is 18.0. The normalized spacial score (nSPS) is 18.7. The van der Waals surface area contributed by atoms with Crippen molar-refractivity contribution in [2.75, 3.05) is 11.4 Å². The highest BCUT2D eigenvalue weighted by Crippen LogP contribution is 2.38. The summed E-state index contributed by atoms with van der Waals surface area (Å²) in [5.74, 6) is 0.547. The second kappa shape index (κ2) is 4.26. The van der Waals surface area contributed by atoms with Crippen molar-refractivity contribution in [1.82, 2.24) is 4.98 Å². The van der Waals surface area contributed by atoms with Crippen molar-refractivity contribution in [3.63, 3.8) is 0 Å². The summed E-state index contributed by atoms with van der Waals surface area (Å²) in [5, 5.41) is 9.29. The van der Waals surface area contributed by atoms with Crippen LogP contribution in [0.3, 0.4) is 0 Å². The van der Waals surface area contributed by atoms with E-state index in [9.17, 15) is 9.90 Å². The van der Waals surface area contributed by atoms with Crippen molar-refractivity contribution in [3.8, 4) is 0 Å². The Kier molecular flexibility index (Phi) is 2.73. The molecular weight excluding hydrogens is 228 g/mol. The molecule has 1 aromatic heterocycles. The molecule has 0 spiro atoms. The minimum Gasteiger partial charge on any atom is -0.478 e. The number of anilines is 1. The molecule has 0 aliphatic heterocycles. The molecule has 4 heteroatoms. The number of pyridine rings is 1. The van der Waals surface area contributed by atoms with Crippen molar-refractivity contribution in [1.29, 1.82) is 0 Å². The summed E-state index contributed by atoms with van der Waals surface area (Å²) in [6.07, 6.45) is 4.89. The summed E-state index contributed by atoms with van der Waals surface area (Å²) in [6, 6.07) is 3.97. The number of aromatic carboxylic acids is 1. The number of hydrogen-bond acceptors (Lipinski definition) is 3. The molecule has 0 atom stereocenters. The first-order valence-corrected chi connectivity index (χ1v) is 6.62. The molecule has 4 nitrogen and oxygen atoms in total. The maximum absolute atomic E-state index is 11.3. The van der Waals surface area contributed by atoms with Crippen LogP contribution < -0.4 is 4.90 Å². The average molecular weight is 246 g/mol. The molecule has 1 aromatic rings. The van der Waals surface area contributed by atoms with E-state index in [2.05, 4.69) is 9.88 Å². The number of nitrogens with zero attached hydrogens (tertiary/aromatic N) is 2. The molecule has 96 valence electrons. The lowest BCUT2D eigenvalue weighted by molar-refractivity contribution is 0.0697. The van der Waals surface area contributed by atoms with E-state index in [0.717, 1.165) is 18.2 Å². The van der Waals surface area contributed by atoms with Crippen LogP contribution in [0.1, 0.15) is 41.7 Å². The minimum atomic E-state index is -0.876. The van der Waals surface area contributed by atoms with Crippen LogP contribution in [0, 0.1) is 12.8 Å². The predicted octanol–water partition coefficient (Wildman–Crippen LogP) is 2.47. The van der Waals surface area contributed by atoms with Gasteiger partial charge in [0.25, 0.3) is 0 Å². The van der Waals surface area contributed by atoms with Gasteiger partial charge in [-0.2, -0.15) is 0 Å². The van der Waals surface area contributed by atoms with Crippen molar-refractivity contribution in [2.45, 2.75) is 38.6 Å². The SMILES string of the molecule is Cc1ccc(C(=O)O)c(N(CC2CC2)C2CC2)n1. The third-order valence-electron chi connectivity index (χ3n) is 3.66. The van der Waals surface area contributed by atoms with E-state index in [0.29, 0.717) is 17.4 Å². The Morgan fingerprint density at radius 2 is 2.11 bits per heavy atom. The van der Waals surface area contributed by atoms with Gasteiger partial charge in [0.2, 0.25) is 0 Å². The number of carbonyl (C=O) groups is 1. The summed E-state index contributed by atoms with van der Waals surface area (Å²) in [6.45, 7) is 2.89. The Hall–Kier alpha value is -1.58. The number of carboxylic acids is 1. The number of carboxylic acid groups (broad SMARTS) is 1. The topological polar surface area (TPSA) is 53.4 Å². The van der Waals surface area contributed by atoms with Gasteiger partial charge in [0.15, 0.2) is 0 Å². The van der Waals surface area contributed by atoms with Crippen molar-refractivity contribution < 1.29 is 9.90 Å². The molecule has 0 radical (unpaired) electrons. The Labute approximate surface area is 107 Å². The Morgan fingerprint density at radius 1 is 1.39 bits per heavy atom. The van der Waals surface area contributed by atoms with Gasteiger partial charge >= 0.3 is 5.97 Å². The summed E-state index contributed by atoms with van der Waals surface area (Å²) in [5.41, 5.74) is 1.23. The van der Waals surface area contributed by atoms with E-state index >= 15 is 0 Å². The minimum absolute atomic E-state index is 0.341. The monoisotopic (exact) mass is 246 g/mol. The molecule has 18 heavy (non-hydrogen) atoms. The van der Waals surface area contributed by atoms with Crippen LogP contribution in [0.4, 0.5) is 5.82 Å². The van der Waals surface area contributed by atoms with E-state index in [1.807, 2.05) is 6.92 Å². The molecule has 0 saturated heterocycles. The Bertz CT molecular complexity index is 479. The third kappa shape index (κ3) is 2.33. The maximum atomic E-state index is 11.3. The summed E-state index contributed by atoms with van der Waals surface area (Å²) >= 11 is 0. The number of aromatic nitrogens is 1. The van der Waals surface area contributed by atoms with Gasteiger partial charge in [0.1, 0.15) is 11.4 Å². The lowest BCUT2D eigenvalue weighted by atomic mass is 10.2. The second-order valence-electron chi connectivity index (χ2n) is 5.46. The number of aryl methyl sites for hydroxylation is 1. The van der Waals surface area contributed by atoms with Gasteiger partial charge < -0.3 is 10.0 Å². The summed E-state index contributed by atoms with van der Waals surface area (Å²) < 4.78 is 0. The smallest absolute Gasteiger partial charge is 0.339 e. The zero-order valence-corrected chi connectivity index (χ0v) is 10.6. The van der Waals surface area contributed by atoms with Gasteiger partial charge in [-0.25, -0.2) is 9.78 Å². The van der Waals surface area contributed by atoms with Gasteiger partial charge in [-0.1, -0.05) is 0 Å². The third-order valence-corrected chi connectivity index (χ3v) is 3.66. The lowest BCUT2D eigenvalue weighted by Gasteiger charge is -2.25. The van der Waals surface area contributed by atoms with Gasteiger partial charge in [0, 0.05) is 18.3 Å². The Morgan fingerprint density at radius 3 is 2.67 bits per heavy atom. The van der Waals surface area contributed by atoms with E-state index < -0.39 is 5.97 Å². The first-order chi connectivity index (χ1) is 8.65. The van der Waals surface area contributed by atoms with Crippen LogP contribution in [0.25, 0.3) is 0 Å².